The molecule has 0 aromatic rings. The molecule has 356 valence electrons. The standard InChI is InChI=1S/C53H104N2O5/c1-9-15-19-29-37-48(36-18-12-4)46-60-52(57)42-33-27-23-21-25-31-40-50(39-30-24-20-22-26-32-41-51(56)59-45-47(7)35-17-11-3)55(44-34-43-54(8)14-6)53(58)49(13-5)38-28-16-10-2/h47-50H,9-46H2,1-8H3. The van der Waals surface area contributed by atoms with E-state index in [0.29, 0.717) is 49.8 Å². The fraction of sp³-hybridized carbons (Fsp3) is 0.943. The van der Waals surface area contributed by atoms with Crippen molar-refractivity contribution >= 4 is 17.8 Å². The van der Waals surface area contributed by atoms with Crippen LogP contribution in [0.3, 0.4) is 0 Å². The number of rotatable bonds is 45. The Kier molecular flexibility index (Phi) is 41.5. The lowest BCUT2D eigenvalue weighted by Gasteiger charge is -2.35. The molecule has 0 heterocycles. The number of amides is 1. The third kappa shape index (κ3) is 33.9. The monoisotopic (exact) mass is 849 g/mol. The SMILES string of the molecule is CCCCCCC(CCCC)COC(=O)CCCCCCCCC(CCCCCCCCC(=O)OCC(C)CCCC)N(CCCN(C)CC)C(=O)C(CC)CCCCC. The first-order chi connectivity index (χ1) is 29.2. The topological polar surface area (TPSA) is 76.2 Å². The van der Waals surface area contributed by atoms with Crippen molar-refractivity contribution in [1.29, 1.82) is 0 Å². The molecule has 7 heteroatoms. The first-order valence-corrected chi connectivity index (χ1v) is 26.5. The third-order valence-electron chi connectivity index (χ3n) is 13.0. The summed E-state index contributed by atoms with van der Waals surface area (Å²) in [5.41, 5.74) is 0. The Morgan fingerprint density at radius 1 is 0.467 bits per heavy atom. The second-order valence-corrected chi connectivity index (χ2v) is 18.8. The highest BCUT2D eigenvalue weighted by Gasteiger charge is 2.28. The van der Waals surface area contributed by atoms with E-state index in [0.717, 1.165) is 116 Å². The maximum absolute atomic E-state index is 14.3. The molecule has 0 aliphatic rings. The van der Waals surface area contributed by atoms with Crippen molar-refractivity contribution in [3.05, 3.63) is 0 Å². The number of ether oxygens (including phenoxy) is 2. The minimum atomic E-state index is -0.0364. The zero-order valence-electron chi connectivity index (χ0n) is 41.6. The van der Waals surface area contributed by atoms with E-state index in [1.807, 2.05) is 0 Å². The van der Waals surface area contributed by atoms with Crippen LogP contribution < -0.4 is 0 Å². The van der Waals surface area contributed by atoms with Gasteiger partial charge >= 0.3 is 11.9 Å². The fourth-order valence-corrected chi connectivity index (χ4v) is 8.58. The smallest absolute Gasteiger partial charge is 0.305 e. The van der Waals surface area contributed by atoms with E-state index in [-0.39, 0.29) is 17.9 Å². The molecule has 0 radical (unpaired) electrons. The van der Waals surface area contributed by atoms with Crippen molar-refractivity contribution in [3.8, 4) is 0 Å². The zero-order chi connectivity index (χ0) is 44.5. The van der Waals surface area contributed by atoms with Crippen molar-refractivity contribution in [2.45, 2.75) is 266 Å². The Labute approximate surface area is 374 Å². The van der Waals surface area contributed by atoms with E-state index in [1.165, 1.54) is 103 Å². The van der Waals surface area contributed by atoms with Gasteiger partial charge in [-0.15, -0.1) is 0 Å². The van der Waals surface area contributed by atoms with Gasteiger partial charge in [-0.25, -0.2) is 0 Å². The van der Waals surface area contributed by atoms with E-state index >= 15 is 0 Å². The molecule has 7 nitrogen and oxygen atoms in total. The Hall–Kier alpha value is -1.63. The number of hydrogen-bond donors (Lipinski definition) is 0. The van der Waals surface area contributed by atoms with E-state index in [4.69, 9.17) is 9.47 Å². The average Bonchev–Trinajstić information content (AvgIpc) is 3.25. The van der Waals surface area contributed by atoms with Gasteiger partial charge in [-0.3, -0.25) is 14.4 Å². The summed E-state index contributed by atoms with van der Waals surface area (Å²) in [6, 6.07) is 0.307. The summed E-state index contributed by atoms with van der Waals surface area (Å²) < 4.78 is 11.3. The highest BCUT2D eigenvalue weighted by molar-refractivity contribution is 5.79. The van der Waals surface area contributed by atoms with E-state index in [1.54, 1.807) is 0 Å². The number of hydrogen-bond acceptors (Lipinski definition) is 6. The predicted octanol–water partition coefficient (Wildman–Crippen LogP) is 15.1. The van der Waals surface area contributed by atoms with Gasteiger partial charge in [0.1, 0.15) is 0 Å². The molecule has 0 rings (SSSR count). The number of carbonyl (C=O) groups excluding carboxylic acids is 3. The van der Waals surface area contributed by atoms with E-state index in [9.17, 15) is 14.4 Å². The van der Waals surface area contributed by atoms with Gasteiger partial charge in [-0.05, 0) is 96.2 Å². The van der Waals surface area contributed by atoms with Gasteiger partial charge < -0.3 is 19.3 Å². The van der Waals surface area contributed by atoms with Crippen LogP contribution in [0.1, 0.15) is 260 Å². The normalized spacial score (nSPS) is 13.6. The van der Waals surface area contributed by atoms with Gasteiger partial charge in [-0.1, -0.05) is 183 Å². The predicted molar refractivity (Wildman–Crippen MR) is 257 cm³/mol. The number of esters is 2. The molecule has 4 unspecified atom stereocenters. The maximum Gasteiger partial charge on any atom is 0.305 e. The highest BCUT2D eigenvalue weighted by Crippen LogP contribution is 2.25. The Balaban J connectivity index is 5.09. The molecule has 0 saturated carbocycles. The number of unbranched alkanes of at least 4 members (excludes halogenated alkanes) is 17. The molecule has 0 aliphatic carbocycles. The van der Waals surface area contributed by atoms with Gasteiger partial charge in [0.2, 0.25) is 5.91 Å². The molecule has 0 N–H and O–H groups in total. The molecular weight excluding hydrogens is 745 g/mol. The molecule has 4 atom stereocenters. The molecule has 0 fully saturated rings. The number of nitrogens with zero attached hydrogens (tertiary/aromatic N) is 2. The Morgan fingerprint density at radius 3 is 1.47 bits per heavy atom. The van der Waals surface area contributed by atoms with Crippen molar-refractivity contribution < 1.29 is 23.9 Å². The first-order valence-electron chi connectivity index (χ1n) is 26.5. The van der Waals surface area contributed by atoms with Crippen LogP contribution in [-0.4, -0.2) is 73.6 Å². The summed E-state index contributed by atoms with van der Waals surface area (Å²) in [5.74, 6) is 1.47. The first kappa shape index (κ1) is 58.4. The van der Waals surface area contributed by atoms with Gasteiger partial charge in [0.15, 0.2) is 0 Å². The van der Waals surface area contributed by atoms with Crippen LogP contribution in [0.15, 0.2) is 0 Å². The Bertz CT molecular complexity index is 975. The maximum atomic E-state index is 14.3. The summed E-state index contributed by atoms with van der Waals surface area (Å²) in [5, 5.41) is 0. The summed E-state index contributed by atoms with van der Waals surface area (Å²) in [4.78, 5) is 43.9. The second kappa shape index (κ2) is 42.7. The molecule has 0 aliphatic heterocycles. The lowest BCUT2D eigenvalue weighted by molar-refractivity contribution is -0.146. The molecule has 0 saturated heterocycles. The average molecular weight is 849 g/mol. The second-order valence-electron chi connectivity index (χ2n) is 18.8. The summed E-state index contributed by atoms with van der Waals surface area (Å²) in [7, 11) is 2.19. The van der Waals surface area contributed by atoms with Crippen LogP contribution in [0.25, 0.3) is 0 Å². The molecule has 0 aromatic heterocycles. The zero-order valence-corrected chi connectivity index (χ0v) is 41.6. The van der Waals surface area contributed by atoms with Crippen molar-refractivity contribution in [2.75, 3.05) is 39.9 Å². The minimum absolute atomic E-state index is 0.00856. The van der Waals surface area contributed by atoms with Crippen LogP contribution in [0, 0.1) is 17.8 Å². The molecule has 0 spiro atoms. The van der Waals surface area contributed by atoms with Gasteiger partial charge in [0.25, 0.3) is 0 Å². The van der Waals surface area contributed by atoms with E-state index < -0.39 is 0 Å². The summed E-state index contributed by atoms with van der Waals surface area (Å²) in [6.45, 7) is 19.6. The lowest BCUT2D eigenvalue weighted by Crippen LogP contribution is -2.45. The molecular formula is C53H104N2O5. The molecule has 60 heavy (non-hydrogen) atoms. The van der Waals surface area contributed by atoms with Crippen molar-refractivity contribution in [3.63, 3.8) is 0 Å². The van der Waals surface area contributed by atoms with Gasteiger partial charge in [0, 0.05) is 31.3 Å². The number of carbonyl (C=O) groups is 3. The van der Waals surface area contributed by atoms with Crippen molar-refractivity contribution in [2.24, 2.45) is 17.8 Å². The van der Waals surface area contributed by atoms with Crippen LogP contribution in [-0.2, 0) is 23.9 Å². The van der Waals surface area contributed by atoms with Crippen LogP contribution in [0.2, 0.25) is 0 Å². The van der Waals surface area contributed by atoms with Crippen molar-refractivity contribution in [1.82, 2.24) is 9.80 Å². The quantitative estimate of drug-likeness (QED) is 0.0449. The van der Waals surface area contributed by atoms with Crippen LogP contribution >= 0.6 is 0 Å². The third-order valence-corrected chi connectivity index (χ3v) is 13.0. The van der Waals surface area contributed by atoms with E-state index in [2.05, 4.69) is 65.3 Å². The lowest BCUT2D eigenvalue weighted by atomic mass is 9.93. The highest BCUT2D eigenvalue weighted by atomic mass is 16.5. The largest absolute Gasteiger partial charge is 0.465 e. The summed E-state index contributed by atoms with van der Waals surface area (Å²) >= 11 is 0. The van der Waals surface area contributed by atoms with Gasteiger partial charge in [0.05, 0.1) is 13.2 Å². The van der Waals surface area contributed by atoms with Gasteiger partial charge in [-0.2, -0.15) is 0 Å². The minimum Gasteiger partial charge on any atom is -0.465 e. The molecule has 0 bridgehead atoms. The molecule has 0 aromatic carbocycles. The Morgan fingerprint density at radius 2 is 0.917 bits per heavy atom. The van der Waals surface area contributed by atoms with Crippen LogP contribution in [0.4, 0.5) is 0 Å². The summed E-state index contributed by atoms with van der Waals surface area (Å²) in [6.07, 6.45) is 36.5. The molecule has 1 amide bonds. The van der Waals surface area contributed by atoms with Crippen LogP contribution in [0.5, 0.6) is 0 Å². The fourth-order valence-electron chi connectivity index (χ4n) is 8.58.